The number of ether oxygens (including phenoxy) is 3. The Morgan fingerprint density at radius 2 is 1.05 bits per heavy atom. The number of hydrogen-bond donors (Lipinski definition) is 0. The van der Waals surface area contributed by atoms with Crippen molar-refractivity contribution >= 4 is 23.6 Å². The highest BCUT2D eigenvalue weighted by Gasteiger charge is 2.68. The SMILES string of the molecule is CCOC(=O)[C@@H]1[C@@H](C(=O)OCC)N(c2ccccc2)C(c2ccccc2)(c2ccccc2)[C@@H]1C(=O)OCC. The van der Waals surface area contributed by atoms with Gasteiger partial charge in [-0.3, -0.25) is 9.59 Å². The van der Waals surface area contributed by atoms with Crippen LogP contribution in [0.15, 0.2) is 91.0 Å². The van der Waals surface area contributed by atoms with E-state index in [0.717, 1.165) is 11.1 Å². The molecule has 1 saturated heterocycles. The van der Waals surface area contributed by atoms with E-state index < -0.39 is 41.3 Å². The third-order valence-electron chi connectivity index (χ3n) is 6.90. The first kappa shape index (κ1) is 26.9. The zero-order chi connectivity index (χ0) is 27.1. The fourth-order valence-corrected chi connectivity index (χ4v) is 5.65. The first-order valence-corrected chi connectivity index (χ1v) is 13.0. The third-order valence-corrected chi connectivity index (χ3v) is 6.90. The van der Waals surface area contributed by atoms with E-state index in [1.807, 2.05) is 95.9 Å². The summed E-state index contributed by atoms with van der Waals surface area (Å²) >= 11 is 0. The second-order valence-electron chi connectivity index (χ2n) is 8.91. The van der Waals surface area contributed by atoms with Gasteiger partial charge in [0.25, 0.3) is 0 Å². The highest BCUT2D eigenvalue weighted by molar-refractivity contribution is 5.96. The van der Waals surface area contributed by atoms with Crippen molar-refractivity contribution in [3.8, 4) is 0 Å². The van der Waals surface area contributed by atoms with Crippen LogP contribution < -0.4 is 4.90 Å². The molecule has 7 heteroatoms. The predicted octanol–water partition coefficient (Wildman–Crippen LogP) is 4.74. The molecule has 0 unspecified atom stereocenters. The number of hydrogen-bond acceptors (Lipinski definition) is 7. The molecule has 0 radical (unpaired) electrons. The summed E-state index contributed by atoms with van der Waals surface area (Å²) in [5, 5.41) is 0. The molecule has 3 aromatic rings. The molecule has 0 saturated carbocycles. The van der Waals surface area contributed by atoms with E-state index in [9.17, 15) is 14.4 Å². The van der Waals surface area contributed by atoms with Gasteiger partial charge in [0, 0.05) is 5.69 Å². The number of anilines is 1. The number of carbonyl (C=O) groups excluding carboxylic acids is 3. The van der Waals surface area contributed by atoms with Gasteiger partial charge in [0.15, 0.2) is 0 Å². The minimum absolute atomic E-state index is 0.0927. The van der Waals surface area contributed by atoms with Crippen molar-refractivity contribution in [2.24, 2.45) is 11.8 Å². The lowest BCUT2D eigenvalue weighted by molar-refractivity contribution is -0.163. The van der Waals surface area contributed by atoms with E-state index in [4.69, 9.17) is 14.2 Å². The van der Waals surface area contributed by atoms with Crippen LogP contribution in [-0.2, 0) is 34.1 Å². The maximum absolute atomic E-state index is 14.0. The summed E-state index contributed by atoms with van der Waals surface area (Å²) in [6.45, 7) is 5.44. The van der Waals surface area contributed by atoms with Gasteiger partial charge in [-0.25, -0.2) is 4.79 Å². The van der Waals surface area contributed by atoms with Gasteiger partial charge in [0.2, 0.25) is 0 Å². The number of nitrogens with zero attached hydrogens (tertiary/aromatic N) is 1. The van der Waals surface area contributed by atoms with Crippen molar-refractivity contribution < 1.29 is 28.6 Å². The van der Waals surface area contributed by atoms with Crippen LogP contribution in [0.4, 0.5) is 5.69 Å². The van der Waals surface area contributed by atoms with Crippen LogP contribution in [0.2, 0.25) is 0 Å². The molecule has 198 valence electrons. The Balaban J connectivity index is 2.17. The summed E-state index contributed by atoms with van der Waals surface area (Å²) in [6, 6.07) is 27.1. The second-order valence-corrected chi connectivity index (χ2v) is 8.91. The van der Waals surface area contributed by atoms with Crippen molar-refractivity contribution in [2.75, 3.05) is 24.7 Å². The van der Waals surface area contributed by atoms with E-state index >= 15 is 0 Å². The number of benzene rings is 3. The molecule has 38 heavy (non-hydrogen) atoms. The molecule has 1 aliphatic rings. The average molecular weight is 516 g/mol. The molecule has 1 aliphatic heterocycles. The van der Waals surface area contributed by atoms with Gasteiger partial charge in [-0.2, -0.15) is 0 Å². The van der Waals surface area contributed by atoms with E-state index in [2.05, 4.69) is 0 Å². The third kappa shape index (κ3) is 4.64. The zero-order valence-electron chi connectivity index (χ0n) is 21.9. The largest absolute Gasteiger partial charge is 0.466 e. The van der Waals surface area contributed by atoms with Crippen molar-refractivity contribution in [1.29, 1.82) is 0 Å². The van der Waals surface area contributed by atoms with Crippen LogP contribution in [0.3, 0.4) is 0 Å². The molecule has 1 fully saturated rings. The maximum Gasteiger partial charge on any atom is 0.329 e. The Morgan fingerprint density at radius 3 is 1.53 bits per heavy atom. The summed E-state index contributed by atoms with van der Waals surface area (Å²) in [5.74, 6) is -4.18. The lowest BCUT2D eigenvalue weighted by Gasteiger charge is -2.45. The van der Waals surface area contributed by atoms with Crippen molar-refractivity contribution in [2.45, 2.75) is 32.4 Å². The first-order chi connectivity index (χ1) is 18.5. The second kappa shape index (κ2) is 11.9. The monoisotopic (exact) mass is 515 g/mol. The van der Waals surface area contributed by atoms with Crippen LogP contribution in [0.1, 0.15) is 31.9 Å². The molecule has 0 aliphatic carbocycles. The van der Waals surface area contributed by atoms with Gasteiger partial charge in [0.1, 0.15) is 23.4 Å². The molecule has 0 amide bonds. The molecular weight excluding hydrogens is 482 g/mol. The molecule has 7 nitrogen and oxygen atoms in total. The Hall–Kier alpha value is -4.13. The van der Waals surface area contributed by atoms with Gasteiger partial charge in [-0.15, -0.1) is 0 Å². The highest BCUT2D eigenvalue weighted by Crippen LogP contribution is 2.56. The maximum atomic E-state index is 14.0. The Kier molecular flexibility index (Phi) is 8.46. The first-order valence-electron chi connectivity index (χ1n) is 13.0. The molecule has 0 aromatic heterocycles. The van der Waals surface area contributed by atoms with Crippen LogP contribution in [-0.4, -0.2) is 43.8 Å². The van der Waals surface area contributed by atoms with Crippen molar-refractivity contribution in [3.05, 3.63) is 102 Å². The Labute approximate surface area is 223 Å². The topological polar surface area (TPSA) is 82.1 Å². The minimum atomic E-state index is -1.30. The van der Waals surface area contributed by atoms with E-state index in [0.29, 0.717) is 5.69 Å². The minimum Gasteiger partial charge on any atom is -0.466 e. The van der Waals surface area contributed by atoms with Crippen LogP contribution >= 0.6 is 0 Å². The van der Waals surface area contributed by atoms with Crippen molar-refractivity contribution in [1.82, 2.24) is 0 Å². The highest BCUT2D eigenvalue weighted by atomic mass is 16.5. The molecule has 4 rings (SSSR count). The quantitative estimate of drug-likeness (QED) is 0.301. The Morgan fingerprint density at radius 1 is 0.632 bits per heavy atom. The van der Waals surface area contributed by atoms with Crippen molar-refractivity contribution in [3.63, 3.8) is 0 Å². The summed E-state index contributed by atoms with van der Waals surface area (Å²) in [5.41, 5.74) is 0.813. The summed E-state index contributed by atoms with van der Waals surface area (Å²) < 4.78 is 16.7. The fraction of sp³-hybridized carbons (Fsp3) is 0.323. The average Bonchev–Trinajstić information content (AvgIpc) is 3.28. The summed E-state index contributed by atoms with van der Waals surface area (Å²) in [7, 11) is 0. The lowest BCUT2D eigenvalue weighted by Crippen LogP contribution is -2.52. The van der Waals surface area contributed by atoms with Crippen LogP contribution in [0, 0.1) is 11.8 Å². The molecule has 3 aromatic carbocycles. The molecule has 3 atom stereocenters. The predicted molar refractivity (Wildman–Crippen MR) is 143 cm³/mol. The van der Waals surface area contributed by atoms with E-state index in [-0.39, 0.29) is 19.8 Å². The molecule has 0 bridgehead atoms. The summed E-state index contributed by atoms with van der Waals surface area (Å²) in [4.78, 5) is 43.4. The molecule has 0 spiro atoms. The van der Waals surface area contributed by atoms with E-state index in [1.54, 1.807) is 20.8 Å². The van der Waals surface area contributed by atoms with E-state index in [1.165, 1.54) is 0 Å². The number of esters is 3. The standard InChI is InChI=1S/C31H33NO6/c1-4-36-28(33)25-26(29(34)37-5-2)31(22-16-10-7-11-17-22,23-18-12-8-13-19-23)32(24-20-14-9-15-21-24)27(25)30(35)38-6-3/h7-21,25-27H,4-6H2,1-3H3/t25-,26-,27-/m0/s1. The van der Waals surface area contributed by atoms with Gasteiger partial charge >= 0.3 is 17.9 Å². The molecule has 0 N–H and O–H groups in total. The zero-order valence-corrected chi connectivity index (χ0v) is 21.9. The lowest BCUT2D eigenvalue weighted by atomic mass is 9.70. The number of para-hydroxylation sites is 1. The molecular formula is C31H33NO6. The van der Waals surface area contributed by atoms with Gasteiger partial charge in [-0.05, 0) is 44.0 Å². The number of rotatable bonds is 9. The number of carbonyl (C=O) groups is 3. The fourth-order valence-electron chi connectivity index (χ4n) is 5.65. The van der Waals surface area contributed by atoms with Crippen LogP contribution in [0.25, 0.3) is 0 Å². The smallest absolute Gasteiger partial charge is 0.329 e. The normalized spacial score (nSPS) is 20.0. The summed E-state index contributed by atoms with van der Waals surface area (Å²) in [6.07, 6.45) is 0. The van der Waals surface area contributed by atoms with Crippen LogP contribution in [0.5, 0.6) is 0 Å². The van der Waals surface area contributed by atoms with Gasteiger partial charge in [-0.1, -0.05) is 78.9 Å². The van der Waals surface area contributed by atoms with Gasteiger partial charge < -0.3 is 19.1 Å². The molecule has 1 heterocycles. The van der Waals surface area contributed by atoms with Gasteiger partial charge in [0.05, 0.1) is 19.8 Å². The Bertz CT molecular complexity index is 1190.